The summed E-state index contributed by atoms with van der Waals surface area (Å²) < 4.78 is 29.0. The van der Waals surface area contributed by atoms with Crippen molar-refractivity contribution in [3.05, 3.63) is 107 Å². The molecule has 4 heterocycles. The van der Waals surface area contributed by atoms with Crippen LogP contribution in [0, 0.1) is 5.41 Å². The highest BCUT2D eigenvalue weighted by atomic mass is 16.5. The molecule has 12 nitrogen and oxygen atoms in total. The van der Waals surface area contributed by atoms with Crippen molar-refractivity contribution in [2.75, 3.05) is 34.5 Å². The number of ether oxygens (including phenoxy) is 5. The van der Waals surface area contributed by atoms with Gasteiger partial charge in [0.1, 0.15) is 12.0 Å². The number of aliphatic hydroxyl groups excluding tert-OH is 1. The van der Waals surface area contributed by atoms with Gasteiger partial charge in [0.2, 0.25) is 0 Å². The smallest absolute Gasteiger partial charge is 0.260 e. The molecule has 3 aromatic carbocycles. The molecule has 0 fully saturated rings. The van der Waals surface area contributed by atoms with E-state index in [9.17, 15) is 14.7 Å². The van der Waals surface area contributed by atoms with E-state index in [0.717, 1.165) is 53.6 Å². The van der Waals surface area contributed by atoms with Gasteiger partial charge in [0, 0.05) is 54.4 Å². The molecule has 0 bridgehead atoms. The van der Waals surface area contributed by atoms with Crippen molar-refractivity contribution in [1.82, 2.24) is 9.80 Å². The van der Waals surface area contributed by atoms with Gasteiger partial charge < -0.3 is 43.4 Å². The quantitative estimate of drug-likeness (QED) is 0.127. The zero-order chi connectivity index (χ0) is 40.4. The minimum Gasteiger partial charge on any atom is -0.497 e. The summed E-state index contributed by atoms with van der Waals surface area (Å²) in [5, 5.41) is 11.5. The molecule has 0 radical (unpaired) electrons. The predicted octanol–water partition coefficient (Wildman–Crippen LogP) is 8.07. The largest absolute Gasteiger partial charge is 0.497 e. The maximum atomic E-state index is 13.7. The summed E-state index contributed by atoms with van der Waals surface area (Å²) >= 11 is 0. The maximum absolute atomic E-state index is 13.7. The van der Waals surface area contributed by atoms with Crippen molar-refractivity contribution >= 4 is 41.6 Å². The molecule has 4 unspecified atom stereocenters. The van der Waals surface area contributed by atoms with Crippen LogP contribution in [-0.4, -0.2) is 86.2 Å². The first kappa shape index (κ1) is 38.7. The average Bonchev–Trinajstić information content (AvgIpc) is 3.83. The van der Waals surface area contributed by atoms with Crippen molar-refractivity contribution in [2.24, 2.45) is 15.4 Å². The number of amides is 1. The Bertz CT molecular complexity index is 2270. The standard InChI is InChI=1S/C46H48N4O8/c1-46(28-51)14-12-30(13-15-46)32-19-34-25-48-39-23-43(41(56-4)21-37(39)45(53)50(34)27-32)58-17-7-5-6-16-57-42-22-38-36(20-40(42)55-3)44(52)49-26-31(18-33(49)24-47-38)29-8-10-35(54-2)11-9-29/h8-14,20-28,33-34,45,53H,5-7,15-19H2,1-4H3. The SMILES string of the molecule is COc1ccc(C2=CN3C(=O)c4cc(OC)c(OCCCCCOc5cc6c(cc5OC)C(O)N5C=C(C7=CCC(C)(C=O)C=C7)CC5C=N6)cc4N=CC3C2)cc1. The molecule has 0 saturated heterocycles. The number of aldehydes is 1. The predicted molar refractivity (Wildman–Crippen MR) is 222 cm³/mol. The summed E-state index contributed by atoms with van der Waals surface area (Å²) in [5.41, 5.74) is 6.08. The lowest BCUT2D eigenvalue weighted by atomic mass is 9.82. The van der Waals surface area contributed by atoms with Gasteiger partial charge in [0.05, 0.1) is 63.6 Å². The molecule has 0 spiro atoms. The second-order valence-electron chi connectivity index (χ2n) is 15.3. The van der Waals surface area contributed by atoms with E-state index in [1.807, 2.05) is 79.1 Å². The van der Waals surface area contributed by atoms with Gasteiger partial charge in [-0.05, 0) is 85.6 Å². The number of aliphatic hydroxyl groups is 1. The van der Waals surface area contributed by atoms with Crippen LogP contribution < -0.4 is 23.7 Å². The number of hydrogen-bond donors (Lipinski definition) is 1. The van der Waals surface area contributed by atoms with E-state index < -0.39 is 11.6 Å². The van der Waals surface area contributed by atoms with Crippen LogP contribution in [-0.2, 0) is 4.79 Å². The number of carbonyl (C=O) groups is 2. The second-order valence-corrected chi connectivity index (χ2v) is 15.3. The molecule has 0 aromatic heterocycles. The van der Waals surface area contributed by atoms with Crippen LogP contribution in [0.3, 0.4) is 0 Å². The van der Waals surface area contributed by atoms with Crippen molar-refractivity contribution in [3.63, 3.8) is 0 Å². The Kier molecular flexibility index (Phi) is 10.9. The lowest BCUT2D eigenvalue weighted by Crippen LogP contribution is -2.32. The van der Waals surface area contributed by atoms with E-state index in [2.05, 4.69) is 6.08 Å². The van der Waals surface area contributed by atoms with Gasteiger partial charge in [0.25, 0.3) is 5.91 Å². The number of hydrogen-bond acceptors (Lipinski definition) is 11. The van der Waals surface area contributed by atoms with Gasteiger partial charge in [-0.15, -0.1) is 0 Å². The number of methoxy groups -OCH3 is 3. The lowest BCUT2D eigenvalue weighted by Gasteiger charge is -2.27. The first-order valence-corrected chi connectivity index (χ1v) is 19.7. The van der Waals surface area contributed by atoms with Crippen molar-refractivity contribution in [2.45, 2.75) is 63.8 Å². The summed E-state index contributed by atoms with van der Waals surface area (Å²) in [5.74, 6) is 2.75. The number of rotatable bonds is 14. The molecular weight excluding hydrogens is 737 g/mol. The van der Waals surface area contributed by atoms with E-state index in [-0.39, 0.29) is 18.0 Å². The van der Waals surface area contributed by atoms with Crippen LogP contribution in [0.5, 0.6) is 28.7 Å². The number of fused-ring (bicyclic) bond motifs is 4. The Morgan fingerprint density at radius 3 is 2.16 bits per heavy atom. The molecule has 300 valence electrons. The molecule has 12 heteroatoms. The topological polar surface area (TPSA) is 132 Å². The minimum atomic E-state index is -0.921. The first-order chi connectivity index (χ1) is 28.2. The summed E-state index contributed by atoms with van der Waals surface area (Å²) in [6.45, 7) is 2.83. The minimum absolute atomic E-state index is 0.111. The highest BCUT2D eigenvalue weighted by Gasteiger charge is 2.36. The monoisotopic (exact) mass is 784 g/mol. The molecule has 0 saturated carbocycles. The highest BCUT2D eigenvalue weighted by Crippen LogP contribution is 2.45. The van der Waals surface area contributed by atoms with Crippen molar-refractivity contribution in [3.8, 4) is 28.7 Å². The van der Waals surface area contributed by atoms with Crippen LogP contribution in [0.1, 0.15) is 73.2 Å². The van der Waals surface area contributed by atoms with Gasteiger partial charge in [-0.2, -0.15) is 0 Å². The zero-order valence-electron chi connectivity index (χ0n) is 33.2. The third-order valence-corrected chi connectivity index (χ3v) is 11.4. The molecule has 1 amide bonds. The summed E-state index contributed by atoms with van der Waals surface area (Å²) in [7, 11) is 4.79. The van der Waals surface area contributed by atoms with E-state index >= 15 is 0 Å². The fraction of sp³-hybridized carbons (Fsp3) is 0.348. The third-order valence-electron chi connectivity index (χ3n) is 11.4. The van der Waals surface area contributed by atoms with E-state index in [1.54, 1.807) is 44.4 Å². The number of aliphatic imine (C=N–C) groups is 2. The summed E-state index contributed by atoms with van der Waals surface area (Å²) in [4.78, 5) is 38.4. The van der Waals surface area contributed by atoms with Crippen LogP contribution >= 0.6 is 0 Å². The fourth-order valence-electron chi connectivity index (χ4n) is 7.91. The van der Waals surface area contributed by atoms with Gasteiger partial charge in [0.15, 0.2) is 29.2 Å². The molecular formula is C46H48N4O8. The Morgan fingerprint density at radius 2 is 1.48 bits per heavy atom. The van der Waals surface area contributed by atoms with Gasteiger partial charge in [-0.3, -0.25) is 14.8 Å². The van der Waals surface area contributed by atoms with E-state index in [4.69, 9.17) is 33.7 Å². The first-order valence-electron chi connectivity index (χ1n) is 19.7. The van der Waals surface area contributed by atoms with Crippen LogP contribution in [0.25, 0.3) is 5.57 Å². The number of benzene rings is 3. The van der Waals surface area contributed by atoms with E-state index in [0.29, 0.717) is 78.0 Å². The zero-order valence-corrected chi connectivity index (χ0v) is 33.2. The molecule has 4 aliphatic heterocycles. The fourth-order valence-corrected chi connectivity index (χ4v) is 7.91. The van der Waals surface area contributed by atoms with Gasteiger partial charge in [-0.25, -0.2) is 0 Å². The van der Waals surface area contributed by atoms with Gasteiger partial charge >= 0.3 is 0 Å². The summed E-state index contributed by atoms with van der Waals surface area (Å²) in [6.07, 6.45) is 18.1. The van der Waals surface area contributed by atoms with Gasteiger partial charge in [-0.1, -0.05) is 30.4 Å². The number of unbranched alkanes of at least 4 members (excludes halogenated alkanes) is 2. The summed E-state index contributed by atoms with van der Waals surface area (Å²) in [6, 6.07) is 14.7. The normalized spacial score (nSPS) is 22.7. The Hall–Kier alpha value is -6.14. The Labute approximate surface area is 338 Å². The lowest BCUT2D eigenvalue weighted by molar-refractivity contribution is -0.113. The Balaban J connectivity index is 0.842. The number of carbonyl (C=O) groups excluding carboxylic acids is 2. The molecule has 3 aromatic rings. The highest BCUT2D eigenvalue weighted by molar-refractivity contribution is 6.05. The number of nitrogens with zero attached hydrogens (tertiary/aromatic N) is 4. The van der Waals surface area contributed by atoms with Crippen LogP contribution in [0.15, 0.2) is 100 Å². The molecule has 8 rings (SSSR count). The van der Waals surface area contributed by atoms with Crippen LogP contribution in [0.2, 0.25) is 0 Å². The van der Waals surface area contributed by atoms with Crippen LogP contribution in [0.4, 0.5) is 11.4 Å². The molecule has 4 atom stereocenters. The molecule has 1 aliphatic carbocycles. The molecule has 5 aliphatic rings. The van der Waals surface area contributed by atoms with Crippen molar-refractivity contribution < 1.29 is 38.4 Å². The number of allylic oxidation sites excluding steroid dienone is 4. The average molecular weight is 785 g/mol. The molecule has 1 N–H and O–H groups in total. The second kappa shape index (κ2) is 16.4. The van der Waals surface area contributed by atoms with Crippen molar-refractivity contribution in [1.29, 1.82) is 0 Å². The molecule has 58 heavy (non-hydrogen) atoms. The maximum Gasteiger partial charge on any atom is 0.260 e. The third kappa shape index (κ3) is 7.64. The van der Waals surface area contributed by atoms with E-state index in [1.165, 1.54) is 0 Å². The Morgan fingerprint density at radius 1 is 0.810 bits per heavy atom.